The molecule has 1 unspecified atom stereocenters. The maximum Gasteiger partial charge on any atom is 0.194 e. The van der Waals surface area contributed by atoms with Crippen molar-refractivity contribution in [3.05, 3.63) is 28.8 Å². The molecule has 1 heterocycles. The highest BCUT2D eigenvalue weighted by Crippen LogP contribution is 2.26. The van der Waals surface area contributed by atoms with Gasteiger partial charge in [0.15, 0.2) is 5.78 Å². The second kappa shape index (κ2) is 3.66. The van der Waals surface area contributed by atoms with Gasteiger partial charge in [0.2, 0.25) is 0 Å². The molecule has 0 spiro atoms. The van der Waals surface area contributed by atoms with E-state index in [1.165, 1.54) is 0 Å². The lowest BCUT2D eigenvalue weighted by molar-refractivity contribution is 0.0953. The predicted octanol–water partition coefficient (Wildman–Crippen LogP) is 1.89. The summed E-state index contributed by atoms with van der Waals surface area (Å²) in [5.74, 6) is 0.902. The molecule has 1 saturated heterocycles. The van der Waals surface area contributed by atoms with Crippen LogP contribution in [0.2, 0.25) is 0 Å². The Kier molecular flexibility index (Phi) is 2.49. The number of carbonyl (C=O) groups excluding carboxylic acids is 1. The minimum atomic E-state index is -0.212. The number of Topliss-reactive ketones (excluding diaryl/α,β-unsaturated/α-hetero) is 1. The van der Waals surface area contributed by atoms with Gasteiger partial charge in [0, 0.05) is 5.56 Å². The van der Waals surface area contributed by atoms with Gasteiger partial charge in [-0.1, -0.05) is 0 Å². The molecule has 1 aliphatic heterocycles. The van der Waals surface area contributed by atoms with Crippen LogP contribution in [0.3, 0.4) is 0 Å². The molecule has 1 atom stereocenters. The fourth-order valence-electron chi connectivity index (χ4n) is 1.66. The maximum absolute atomic E-state index is 11.8. The molecule has 0 bridgehead atoms. The number of hydrogen-bond donors (Lipinski definition) is 0. The van der Waals surface area contributed by atoms with Crippen molar-refractivity contribution in [2.24, 2.45) is 0 Å². The summed E-state index contributed by atoms with van der Waals surface area (Å²) >= 11 is 0. The summed E-state index contributed by atoms with van der Waals surface area (Å²) in [5, 5.41) is 0. The quantitative estimate of drug-likeness (QED) is 0.560. The lowest BCUT2D eigenvalue weighted by Gasteiger charge is -2.10. The van der Waals surface area contributed by atoms with Gasteiger partial charge in [0.25, 0.3) is 0 Å². The number of ketones is 1. The second-order valence-electron chi connectivity index (χ2n) is 3.75. The summed E-state index contributed by atoms with van der Waals surface area (Å²) in [7, 11) is 1.63. The third-order valence-corrected chi connectivity index (χ3v) is 2.85. The van der Waals surface area contributed by atoms with Crippen molar-refractivity contribution in [2.45, 2.75) is 20.0 Å². The first-order valence-electron chi connectivity index (χ1n) is 4.95. The first-order valence-corrected chi connectivity index (χ1v) is 4.95. The molecule has 0 aromatic heterocycles. The van der Waals surface area contributed by atoms with E-state index in [-0.39, 0.29) is 11.9 Å². The van der Waals surface area contributed by atoms with Crippen molar-refractivity contribution in [3.63, 3.8) is 0 Å². The highest BCUT2D eigenvalue weighted by molar-refractivity contribution is 6.02. The molecule has 0 N–H and O–H groups in total. The first kappa shape index (κ1) is 10.2. The third kappa shape index (κ3) is 1.75. The van der Waals surface area contributed by atoms with Gasteiger partial charge in [-0.3, -0.25) is 4.79 Å². The molecule has 0 radical (unpaired) electrons. The number of hydrogen-bond acceptors (Lipinski definition) is 3. The maximum atomic E-state index is 11.8. The van der Waals surface area contributed by atoms with Crippen molar-refractivity contribution in [1.29, 1.82) is 0 Å². The van der Waals surface area contributed by atoms with E-state index in [4.69, 9.17) is 9.47 Å². The minimum Gasteiger partial charge on any atom is -0.496 e. The molecule has 0 saturated carbocycles. The predicted molar refractivity (Wildman–Crippen MR) is 56.5 cm³/mol. The fraction of sp³-hybridized carbons (Fsp3) is 0.417. The molecule has 3 heteroatoms. The standard InChI is InChI=1S/C12H14O3/c1-7-8(2)10(14-3)5-4-9(7)12(13)11-6-15-11/h4-5,11H,6H2,1-3H3. The van der Waals surface area contributed by atoms with Crippen LogP contribution in [0.15, 0.2) is 12.1 Å². The zero-order chi connectivity index (χ0) is 11.0. The largest absolute Gasteiger partial charge is 0.496 e. The first-order chi connectivity index (χ1) is 7.15. The van der Waals surface area contributed by atoms with Gasteiger partial charge in [-0.25, -0.2) is 0 Å². The van der Waals surface area contributed by atoms with Crippen molar-refractivity contribution >= 4 is 5.78 Å². The monoisotopic (exact) mass is 206 g/mol. The van der Waals surface area contributed by atoms with Crippen LogP contribution in [0.4, 0.5) is 0 Å². The molecule has 0 aliphatic carbocycles. The number of carbonyl (C=O) groups is 1. The Hall–Kier alpha value is -1.35. The minimum absolute atomic E-state index is 0.0817. The van der Waals surface area contributed by atoms with Gasteiger partial charge >= 0.3 is 0 Å². The van der Waals surface area contributed by atoms with E-state index in [9.17, 15) is 4.79 Å². The van der Waals surface area contributed by atoms with Gasteiger partial charge < -0.3 is 9.47 Å². The summed E-state index contributed by atoms with van der Waals surface area (Å²) in [4.78, 5) is 11.8. The number of benzene rings is 1. The van der Waals surface area contributed by atoms with Crippen molar-refractivity contribution in [3.8, 4) is 5.75 Å². The van der Waals surface area contributed by atoms with E-state index >= 15 is 0 Å². The fourth-order valence-corrected chi connectivity index (χ4v) is 1.66. The SMILES string of the molecule is COc1ccc(C(=O)C2CO2)c(C)c1C. The Labute approximate surface area is 89.0 Å². The van der Waals surface area contributed by atoms with Gasteiger partial charge in [0.05, 0.1) is 13.7 Å². The lowest BCUT2D eigenvalue weighted by Crippen LogP contribution is -2.10. The van der Waals surface area contributed by atoms with Crippen molar-refractivity contribution < 1.29 is 14.3 Å². The summed E-state index contributed by atoms with van der Waals surface area (Å²) in [6, 6.07) is 3.64. The third-order valence-electron chi connectivity index (χ3n) is 2.85. The van der Waals surface area contributed by atoms with E-state index in [2.05, 4.69) is 0 Å². The number of methoxy groups -OCH3 is 1. The van der Waals surface area contributed by atoms with Crippen molar-refractivity contribution in [1.82, 2.24) is 0 Å². The van der Waals surface area contributed by atoms with E-state index < -0.39 is 0 Å². The Morgan fingerprint density at radius 1 is 1.40 bits per heavy atom. The molecule has 3 nitrogen and oxygen atoms in total. The van der Waals surface area contributed by atoms with Crippen LogP contribution in [0.1, 0.15) is 21.5 Å². The lowest BCUT2D eigenvalue weighted by atomic mass is 9.98. The summed E-state index contributed by atoms with van der Waals surface area (Å²) < 4.78 is 10.2. The van der Waals surface area contributed by atoms with E-state index in [1.54, 1.807) is 7.11 Å². The van der Waals surface area contributed by atoms with Crippen LogP contribution < -0.4 is 4.74 Å². The van der Waals surface area contributed by atoms with E-state index in [0.29, 0.717) is 6.61 Å². The Morgan fingerprint density at radius 3 is 2.60 bits per heavy atom. The van der Waals surface area contributed by atoms with Crippen LogP contribution >= 0.6 is 0 Å². The highest BCUT2D eigenvalue weighted by Gasteiger charge is 2.33. The topological polar surface area (TPSA) is 38.8 Å². The van der Waals surface area contributed by atoms with Crippen LogP contribution in [0, 0.1) is 13.8 Å². The molecule has 1 aromatic carbocycles. The summed E-state index contributed by atoms with van der Waals surface area (Å²) in [6.45, 7) is 4.45. The zero-order valence-corrected chi connectivity index (χ0v) is 9.16. The van der Waals surface area contributed by atoms with Crippen molar-refractivity contribution in [2.75, 3.05) is 13.7 Å². The molecule has 1 fully saturated rings. The number of epoxide rings is 1. The summed E-state index contributed by atoms with van der Waals surface area (Å²) in [6.07, 6.45) is -0.212. The normalized spacial score (nSPS) is 18.7. The molecule has 0 amide bonds. The van der Waals surface area contributed by atoms with E-state index in [1.807, 2.05) is 26.0 Å². The number of ether oxygens (including phenoxy) is 2. The van der Waals surface area contributed by atoms with Crippen LogP contribution in [-0.4, -0.2) is 25.6 Å². The van der Waals surface area contributed by atoms with Gasteiger partial charge in [0.1, 0.15) is 11.9 Å². The number of rotatable bonds is 3. The smallest absolute Gasteiger partial charge is 0.194 e. The van der Waals surface area contributed by atoms with Gasteiger partial charge in [-0.2, -0.15) is 0 Å². The summed E-state index contributed by atoms with van der Waals surface area (Å²) in [5.41, 5.74) is 2.75. The van der Waals surface area contributed by atoms with E-state index in [0.717, 1.165) is 22.4 Å². The molecular weight excluding hydrogens is 192 g/mol. The van der Waals surface area contributed by atoms with Crippen LogP contribution in [-0.2, 0) is 4.74 Å². The van der Waals surface area contributed by atoms with Crippen LogP contribution in [0.5, 0.6) is 5.75 Å². The Morgan fingerprint density at radius 2 is 2.07 bits per heavy atom. The molecule has 15 heavy (non-hydrogen) atoms. The molecule has 80 valence electrons. The molecule has 2 rings (SSSR count). The molecular formula is C12H14O3. The van der Waals surface area contributed by atoms with Crippen LogP contribution in [0.25, 0.3) is 0 Å². The van der Waals surface area contributed by atoms with Gasteiger partial charge in [-0.05, 0) is 37.1 Å². The molecule has 1 aromatic rings. The molecule has 1 aliphatic rings. The Bertz CT molecular complexity index is 406. The Balaban J connectivity index is 2.40. The zero-order valence-electron chi connectivity index (χ0n) is 9.16. The highest BCUT2D eigenvalue weighted by atomic mass is 16.6. The average Bonchev–Trinajstić information content (AvgIpc) is 3.04. The average molecular weight is 206 g/mol. The van der Waals surface area contributed by atoms with Gasteiger partial charge in [-0.15, -0.1) is 0 Å². The second-order valence-corrected chi connectivity index (χ2v) is 3.75.